The predicted molar refractivity (Wildman–Crippen MR) is 58.6 cm³/mol. The van der Waals surface area contributed by atoms with Crippen LogP contribution in [0.4, 0.5) is 0 Å². The van der Waals surface area contributed by atoms with Gasteiger partial charge in [0.05, 0.1) is 6.54 Å². The molecule has 2 heterocycles. The molecular weight excluding hydrogens is 281 g/mol. The molecule has 0 aliphatic carbocycles. The number of amides is 1. The van der Waals surface area contributed by atoms with E-state index in [1.807, 2.05) is 11.9 Å². The lowest BCUT2D eigenvalue weighted by molar-refractivity contribution is -0.136. The Morgan fingerprint density at radius 1 is 1.38 bits per heavy atom. The standard InChI is InChI=1S/C8H14IN3O/c1-10-2-3-11(6-8(10)13)7-4-12(9)5-7/h7H,2-6H2,1H3. The van der Waals surface area contributed by atoms with Gasteiger partial charge < -0.3 is 4.90 Å². The van der Waals surface area contributed by atoms with E-state index in [9.17, 15) is 4.79 Å². The van der Waals surface area contributed by atoms with Gasteiger partial charge in [0.25, 0.3) is 0 Å². The van der Waals surface area contributed by atoms with Crippen molar-refractivity contribution in [2.75, 3.05) is 39.8 Å². The molecule has 74 valence electrons. The Morgan fingerprint density at radius 3 is 2.62 bits per heavy atom. The predicted octanol–water partition coefficient (Wildman–Crippen LogP) is -0.205. The van der Waals surface area contributed by atoms with Crippen molar-refractivity contribution in [3.63, 3.8) is 0 Å². The topological polar surface area (TPSA) is 26.8 Å². The first-order valence-corrected chi connectivity index (χ1v) is 5.52. The van der Waals surface area contributed by atoms with Gasteiger partial charge in [-0.1, -0.05) is 0 Å². The zero-order valence-electron chi connectivity index (χ0n) is 7.74. The summed E-state index contributed by atoms with van der Waals surface area (Å²) in [6.07, 6.45) is 0. The second kappa shape index (κ2) is 3.70. The molecule has 2 rings (SSSR count). The molecule has 2 aliphatic heterocycles. The van der Waals surface area contributed by atoms with Crippen molar-refractivity contribution in [2.24, 2.45) is 0 Å². The monoisotopic (exact) mass is 295 g/mol. The molecule has 4 nitrogen and oxygen atoms in total. The van der Waals surface area contributed by atoms with Gasteiger partial charge in [0, 0.05) is 62.1 Å². The van der Waals surface area contributed by atoms with E-state index in [1.165, 1.54) is 0 Å². The van der Waals surface area contributed by atoms with Crippen LogP contribution >= 0.6 is 22.9 Å². The van der Waals surface area contributed by atoms with Crippen molar-refractivity contribution in [1.82, 2.24) is 12.9 Å². The summed E-state index contributed by atoms with van der Waals surface area (Å²) in [4.78, 5) is 15.5. The van der Waals surface area contributed by atoms with E-state index in [4.69, 9.17) is 0 Å². The first-order chi connectivity index (χ1) is 6.16. The van der Waals surface area contributed by atoms with Crippen molar-refractivity contribution >= 4 is 28.8 Å². The number of carbonyl (C=O) groups is 1. The molecule has 2 aliphatic rings. The zero-order chi connectivity index (χ0) is 9.42. The third-order valence-corrected chi connectivity index (χ3v) is 3.61. The van der Waals surface area contributed by atoms with E-state index in [-0.39, 0.29) is 5.91 Å². The number of hydrogen-bond acceptors (Lipinski definition) is 3. The van der Waals surface area contributed by atoms with Gasteiger partial charge in [0.1, 0.15) is 0 Å². The second-order valence-corrected chi connectivity index (χ2v) is 5.13. The molecule has 13 heavy (non-hydrogen) atoms. The quantitative estimate of drug-likeness (QED) is 0.495. The molecule has 0 aromatic rings. The largest absolute Gasteiger partial charge is 0.343 e. The number of carbonyl (C=O) groups excluding carboxylic acids is 1. The molecule has 0 atom stereocenters. The van der Waals surface area contributed by atoms with Crippen LogP contribution in [0.2, 0.25) is 0 Å². The lowest BCUT2D eigenvalue weighted by Gasteiger charge is -2.44. The molecule has 0 aromatic carbocycles. The Balaban J connectivity index is 1.85. The fourth-order valence-corrected chi connectivity index (χ4v) is 2.63. The van der Waals surface area contributed by atoms with Gasteiger partial charge in [-0.2, -0.15) is 0 Å². The molecule has 0 unspecified atom stereocenters. The van der Waals surface area contributed by atoms with E-state index in [0.717, 1.165) is 26.2 Å². The number of piperazine rings is 1. The normalized spacial score (nSPS) is 27.8. The first kappa shape index (κ1) is 9.67. The Labute approximate surface area is 92.3 Å². The molecule has 0 bridgehead atoms. The van der Waals surface area contributed by atoms with Crippen LogP contribution in [0.5, 0.6) is 0 Å². The average molecular weight is 295 g/mol. The Hall–Kier alpha value is 0.120. The van der Waals surface area contributed by atoms with Gasteiger partial charge in [-0.05, 0) is 0 Å². The van der Waals surface area contributed by atoms with Crippen LogP contribution in [-0.2, 0) is 4.79 Å². The zero-order valence-corrected chi connectivity index (χ0v) is 9.90. The summed E-state index contributed by atoms with van der Waals surface area (Å²) < 4.78 is 2.26. The molecular formula is C8H14IN3O. The van der Waals surface area contributed by atoms with Crippen molar-refractivity contribution in [3.05, 3.63) is 0 Å². The summed E-state index contributed by atoms with van der Waals surface area (Å²) in [5.74, 6) is 0.262. The SMILES string of the molecule is CN1CCN(C2CN(I)C2)CC1=O. The van der Waals surface area contributed by atoms with Crippen molar-refractivity contribution in [1.29, 1.82) is 0 Å². The van der Waals surface area contributed by atoms with Crippen LogP contribution in [0.15, 0.2) is 0 Å². The van der Waals surface area contributed by atoms with Crippen LogP contribution in [0.1, 0.15) is 0 Å². The highest BCUT2D eigenvalue weighted by Crippen LogP contribution is 2.19. The summed E-state index contributed by atoms with van der Waals surface area (Å²) >= 11 is 2.33. The third-order valence-electron chi connectivity index (χ3n) is 2.82. The molecule has 0 saturated carbocycles. The smallest absolute Gasteiger partial charge is 0.236 e. The maximum Gasteiger partial charge on any atom is 0.236 e. The van der Waals surface area contributed by atoms with E-state index in [1.54, 1.807) is 0 Å². The van der Waals surface area contributed by atoms with E-state index >= 15 is 0 Å². The minimum absolute atomic E-state index is 0.262. The minimum atomic E-state index is 0.262. The highest BCUT2D eigenvalue weighted by atomic mass is 127. The maximum absolute atomic E-state index is 11.4. The molecule has 2 saturated heterocycles. The first-order valence-electron chi connectivity index (χ1n) is 4.55. The lowest BCUT2D eigenvalue weighted by atomic mass is 10.1. The van der Waals surface area contributed by atoms with Crippen LogP contribution in [0.3, 0.4) is 0 Å². The highest BCUT2D eigenvalue weighted by molar-refractivity contribution is 14.1. The van der Waals surface area contributed by atoms with Crippen LogP contribution < -0.4 is 0 Å². The van der Waals surface area contributed by atoms with Crippen molar-refractivity contribution in [3.8, 4) is 0 Å². The summed E-state index contributed by atoms with van der Waals surface area (Å²) in [5.41, 5.74) is 0. The number of halogens is 1. The maximum atomic E-state index is 11.4. The van der Waals surface area contributed by atoms with Gasteiger partial charge in [-0.3, -0.25) is 9.69 Å². The summed E-state index contributed by atoms with van der Waals surface area (Å²) in [5, 5.41) is 0. The van der Waals surface area contributed by atoms with Gasteiger partial charge in [0.2, 0.25) is 5.91 Å². The average Bonchev–Trinajstić information content (AvgIpc) is 2.05. The highest BCUT2D eigenvalue weighted by Gasteiger charge is 2.33. The molecule has 1 amide bonds. The van der Waals surface area contributed by atoms with Gasteiger partial charge in [-0.15, -0.1) is 0 Å². The van der Waals surface area contributed by atoms with Crippen molar-refractivity contribution in [2.45, 2.75) is 6.04 Å². The molecule has 0 N–H and O–H groups in total. The number of hydrogen-bond donors (Lipinski definition) is 0. The fourth-order valence-electron chi connectivity index (χ4n) is 1.72. The van der Waals surface area contributed by atoms with Crippen LogP contribution in [-0.4, -0.2) is 64.6 Å². The molecule has 2 fully saturated rings. The lowest BCUT2D eigenvalue weighted by Crippen LogP contribution is -2.61. The summed E-state index contributed by atoms with van der Waals surface area (Å²) in [7, 11) is 1.88. The molecule has 0 aromatic heterocycles. The fraction of sp³-hybridized carbons (Fsp3) is 0.875. The van der Waals surface area contributed by atoms with Gasteiger partial charge in [-0.25, -0.2) is 3.11 Å². The molecule has 0 radical (unpaired) electrons. The Bertz CT molecular complexity index is 217. The van der Waals surface area contributed by atoms with E-state index in [2.05, 4.69) is 30.9 Å². The Kier molecular flexibility index (Phi) is 2.75. The van der Waals surface area contributed by atoms with E-state index in [0.29, 0.717) is 12.6 Å². The minimum Gasteiger partial charge on any atom is -0.343 e. The number of likely N-dealkylation sites (N-methyl/N-ethyl adjacent to an activating group) is 1. The van der Waals surface area contributed by atoms with Crippen LogP contribution in [0, 0.1) is 0 Å². The third kappa shape index (κ3) is 1.97. The van der Waals surface area contributed by atoms with Gasteiger partial charge in [0.15, 0.2) is 0 Å². The molecule has 5 heteroatoms. The number of rotatable bonds is 1. The Morgan fingerprint density at radius 2 is 2.08 bits per heavy atom. The number of nitrogens with zero attached hydrogens (tertiary/aromatic N) is 3. The van der Waals surface area contributed by atoms with Crippen LogP contribution in [0.25, 0.3) is 0 Å². The van der Waals surface area contributed by atoms with E-state index < -0.39 is 0 Å². The van der Waals surface area contributed by atoms with Crippen molar-refractivity contribution < 1.29 is 4.79 Å². The molecule has 0 spiro atoms. The summed E-state index contributed by atoms with van der Waals surface area (Å²) in [6.45, 7) is 4.76. The second-order valence-electron chi connectivity index (χ2n) is 3.77. The van der Waals surface area contributed by atoms with Gasteiger partial charge >= 0.3 is 0 Å². The summed E-state index contributed by atoms with van der Waals surface area (Å²) in [6, 6.07) is 0.620.